The quantitative estimate of drug-likeness (QED) is 0.588. The Morgan fingerprint density at radius 1 is 1.22 bits per heavy atom. The number of ether oxygens (including phenoxy) is 1. The van der Waals surface area contributed by atoms with Gasteiger partial charge in [-0.1, -0.05) is 29.8 Å². The van der Waals surface area contributed by atoms with E-state index < -0.39 is 0 Å². The molecule has 0 atom stereocenters. The maximum absolute atomic E-state index is 12.3. The van der Waals surface area contributed by atoms with Crippen LogP contribution >= 0.6 is 11.6 Å². The lowest BCUT2D eigenvalue weighted by Gasteiger charge is -2.17. The molecule has 2 heterocycles. The van der Waals surface area contributed by atoms with E-state index in [2.05, 4.69) is 14.9 Å². The normalized spacial score (nSPS) is 15.2. The molecule has 3 aromatic rings. The van der Waals surface area contributed by atoms with Crippen molar-refractivity contribution in [1.82, 2.24) is 9.78 Å². The SMILES string of the molecule is [C-]#[N+]c1c(-c2c(-c3ccc4c(c3)C(CN)=NCC4=O)cnn2C)ccc(Cl)c1OC1CC1. The van der Waals surface area contributed by atoms with Crippen molar-refractivity contribution in [2.45, 2.75) is 18.9 Å². The zero-order valence-electron chi connectivity index (χ0n) is 17.4. The van der Waals surface area contributed by atoms with Gasteiger partial charge in [0.05, 0.1) is 35.3 Å². The first-order chi connectivity index (χ1) is 15.5. The number of hydrogen-bond acceptors (Lipinski definition) is 5. The number of nitrogens with zero attached hydrogens (tertiary/aromatic N) is 4. The molecule has 5 rings (SSSR count). The predicted molar refractivity (Wildman–Crippen MR) is 124 cm³/mol. The summed E-state index contributed by atoms with van der Waals surface area (Å²) in [4.78, 5) is 20.4. The Morgan fingerprint density at radius 2 is 2.00 bits per heavy atom. The summed E-state index contributed by atoms with van der Waals surface area (Å²) in [6.07, 6.45) is 3.80. The second-order valence-electron chi connectivity index (χ2n) is 7.88. The van der Waals surface area contributed by atoms with Gasteiger partial charge in [0.1, 0.15) is 12.3 Å². The second-order valence-corrected chi connectivity index (χ2v) is 8.29. The molecule has 1 aliphatic heterocycles. The molecule has 0 saturated heterocycles. The number of Topliss-reactive ketones (excluding diaryl/α,β-unsaturated/α-hetero) is 1. The number of benzene rings is 2. The number of carbonyl (C=O) groups is 1. The number of fused-ring (bicyclic) bond motifs is 1. The summed E-state index contributed by atoms with van der Waals surface area (Å²) in [6, 6.07) is 9.21. The van der Waals surface area contributed by atoms with Crippen molar-refractivity contribution in [3.05, 3.63) is 64.1 Å². The molecule has 160 valence electrons. The highest BCUT2D eigenvalue weighted by Gasteiger charge is 2.28. The average Bonchev–Trinajstić information content (AvgIpc) is 3.54. The zero-order chi connectivity index (χ0) is 22.4. The van der Waals surface area contributed by atoms with Crippen molar-refractivity contribution in [2.24, 2.45) is 17.8 Å². The number of hydrogen-bond donors (Lipinski definition) is 1. The molecule has 0 unspecified atom stereocenters. The molecule has 32 heavy (non-hydrogen) atoms. The molecule has 8 heteroatoms. The summed E-state index contributed by atoms with van der Waals surface area (Å²) in [5.41, 5.74) is 11.5. The number of aliphatic imine (C=N–C) groups is 1. The van der Waals surface area contributed by atoms with E-state index in [1.54, 1.807) is 16.9 Å². The maximum atomic E-state index is 12.3. The third-order valence-corrected chi connectivity index (χ3v) is 6.04. The smallest absolute Gasteiger partial charge is 0.238 e. The molecule has 0 radical (unpaired) electrons. The van der Waals surface area contributed by atoms with Crippen molar-refractivity contribution in [1.29, 1.82) is 0 Å². The van der Waals surface area contributed by atoms with Crippen LogP contribution in [0.5, 0.6) is 5.75 Å². The van der Waals surface area contributed by atoms with E-state index in [9.17, 15) is 4.79 Å². The van der Waals surface area contributed by atoms with Gasteiger partial charge in [-0.25, -0.2) is 4.85 Å². The average molecular weight is 446 g/mol. The fourth-order valence-electron chi connectivity index (χ4n) is 3.99. The minimum absolute atomic E-state index is 0.0231. The molecule has 0 amide bonds. The van der Waals surface area contributed by atoms with Crippen LogP contribution in [0.25, 0.3) is 27.2 Å². The lowest BCUT2D eigenvalue weighted by molar-refractivity contribution is 0.1000. The lowest BCUT2D eigenvalue weighted by atomic mass is 9.91. The van der Waals surface area contributed by atoms with Gasteiger partial charge in [-0.3, -0.25) is 14.5 Å². The van der Waals surface area contributed by atoms with Crippen LogP contribution in [0.2, 0.25) is 5.02 Å². The van der Waals surface area contributed by atoms with E-state index in [0.29, 0.717) is 33.3 Å². The van der Waals surface area contributed by atoms with Crippen LogP contribution in [0.1, 0.15) is 28.8 Å². The van der Waals surface area contributed by atoms with E-state index in [-0.39, 0.29) is 25.0 Å². The van der Waals surface area contributed by atoms with Crippen LogP contribution in [-0.2, 0) is 7.05 Å². The van der Waals surface area contributed by atoms with E-state index in [1.165, 1.54) is 0 Å². The van der Waals surface area contributed by atoms with Gasteiger partial charge in [-0.2, -0.15) is 5.10 Å². The molecule has 7 nitrogen and oxygen atoms in total. The highest BCUT2D eigenvalue weighted by atomic mass is 35.5. The van der Waals surface area contributed by atoms with Gasteiger partial charge in [0.2, 0.25) is 5.69 Å². The first-order valence-corrected chi connectivity index (χ1v) is 10.7. The van der Waals surface area contributed by atoms with Gasteiger partial charge in [0.15, 0.2) is 5.78 Å². The van der Waals surface area contributed by atoms with Gasteiger partial charge < -0.3 is 10.5 Å². The summed E-state index contributed by atoms with van der Waals surface area (Å²) in [7, 11) is 1.83. The topological polar surface area (TPSA) is 86.9 Å². The largest absolute Gasteiger partial charge is 0.500 e. The molecule has 1 aliphatic carbocycles. The van der Waals surface area contributed by atoms with Gasteiger partial charge in [-0.15, -0.1) is 0 Å². The van der Waals surface area contributed by atoms with Crippen LogP contribution in [0.15, 0.2) is 41.5 Å². The zero-order valence-corrected chi connectivity index (χ0v) is 18.2. The number of ketones is 1. The van der Waals surface area contributed by atoms with Crippen molar-refractivity contribution in [2.75, 3.05) is 13.1 Å². The maximum Gasteiger partial charge on any atom is 0.238 e. The number of rotatable bonds is 5. The Kier molecular flexibility index (Phi) is 5.04. The Bertz CT molecular complexity index is 1330. The van der Waals surface area contributed by atoms with Crippen molar-refractivity contribution in [3.63, 3.8) is 0 Å². The highest BCUT2D eigenvalue weighted by Crippen LogP contribution is 2.47. The van der Waals surface area contributed by atoms with Crippen molar-refractivity contribution < 1.29 is 9.53 Å². The fourth-order valence-corrected chi connectivity index (χ4v) is 4.18. The molecular formula is C24H20ClN5O2. The monoisotopic (exact) mass is 445 g/mol. The Morgan fingerprint density at radius 3 is 2.72 bits per heavy atom. The number of halogens is 1. The summed E-state index contributed by atoms with van der Waals surface area (Å²) < 4.78 is 7.71. The van der Waals surface area contributed by atoms with Crippen LogP contribution in [0.3, 0.4) is 0 Å². The van der Waals surface area contributed by atoms with Gasteiger partial charge in [0, 0.05) is 35.8 Å². The predicted octanol–water partition coefficient (Wildman–Crippen LogP) is 4.44. The van der Waals surface area contributed by atoms with Crippen LogP contribution < -0.4 is 10.5 Å². The lowest BCUT2D eigenvalue weighted by Crippen LogP contribution is -2.24. The summed E-state index contributed by atoms with van der Waals surface area (Å²) in [5.74, 6) is 0.396. The third-order valence-electron chi connectivity index (χ3n) is 5.75. The minimum atomic E-state index is -0.0231. The van der Waals surface area contributed by atoms with Crippen molar-refractivity contribution >= 4 is 28.8 Å². The summed E-state index contributed by atoms with van der Waals surface area (Å²) in [5, 5.41) is 4.88. The molecule has 2 aromatic carbocycles. The van der Waals surface area contributed by atoms with Gasteiger partial charge in [-0.05, 0) is 30.5 Å². The van der Waals surface area contributed by atoms with Crippen LogP contribution in [0, 0.1) is 6.57 Å². The first kappa shape index (κ1) is 20.4. The molecule has 2 aliphatic rings. The van der Waals surface area contributed by atoms with Crippen molar-refractivity contribution in [3.8, 4) is 28.1 Å². The first-order valence-electron chi connectivity index (χ1n) is 10.3. The highest BCUT2D eigenvalue weighted by molar-refractivity contribution is 6.33. The standard InChI is InChI=1S/C24H20ClN5O2/c1-27-22-16(7-8-19(25)24(22)32-14-4-5-14)23-18(11-29-30(23)2)13-3-6-15-17(9-13)20(10-26)28-12-21(15)31/h3,6-9,11,14H,4-5,10,12,26H2,2H3. The molecule has 0 bridgehead atoms. The fraction of sp³-hybridized carbons (Fsp3) is 0.250. The van der Waals surface area contributed by atoms with E-state index in [4.69, 9.17) is 28.6 Å². The van der Waals surface area contributed by atoms with Crippen LogP contribution in [0.4, 0.5) is 5.69 Å². The number of aromatic nitrogens is 2. The molecule has 1 aromatic heterocycles. The Labute approximate surface area is 190 Å². The Hall–Kier alpha value is -3.47. The second kappa shape index (κ2) is 7.90. The summed E-state index contributed by atoms with van der Waals surface area (Å²) >= 11 is 6.39. The molecular weight excluding hydrogens is 426 g/mol. The van der Waals surface area contributed by atoms with E-state index >= 15 is 0 Å². The van der Waals surface area contributed by atoms with E-state index in [1.807, 2.05) is 31.3 Å². The van der Waals surface area contributed by atoms with Gasteiger partial charge >= 0.3 is 0 Å². The van der Waals surface area contributed by atoms with Crippen LogP contribution in [-0.4, -0.2) is 40.5 Å². The minimum Gasteiger partial charge on any atom is -0.500 e. The molecule has 0 spiro atoms. The van der Waals surface area contributed by atoms with E-state index in [0.717, 1.165) is 35.2 Å². The number of aryl methyl sites for hydroxylation is 1. The third kappa shape index (κ3) is 3.38. The number of carbonyl (C=O) groups excluding carboxylic acids is 1. The molecule has 2 N–H and O–H groups in total. The molecule has 1 fully saturated rings. The Balaban J connectivity index is 1.67. The van der Waals surface area contributed by atoms with Gasteiger partial charge in [0.25, 0.3) is 0 Å². The summed E-state index contributed by atoms with van der Waals surface area (Å²) in [6.45, 7) is 8.20. The molecule has 1 saturated carbocycles. The number of nitrogens with two attached hydrogens (primary N) is 1.